The quantitative estimate of drug-likeness (QED) is 0.133. The maximum absolute atomic E-state index is 15.7. The van der Waals surface area contributed by atoms with Gasteiger partial charge in [0.2, 0.25) is 0 Å². The van der Waals surface area contributed by atoms with Crippen LogP contribution in [0.3, 0.4) is 0 Å². The smallest absolute Gasteiger partial charge is 0.401 e. The topological polar surface area (TPSA) is 177 Å². The zero-order chi connectivity index (χ0) is 35.0. The van der Waals surface area contributed by atoms with Gasteiger partial charge in [-0.1, -0.05) is 0 Å². The van der Waals surface area contributed by atoms with Crippen molar-refractivity contribution in [3.8, 4) is 17.0 Å². The maximum atomic E-state index is 15.7. The number of hydrogen-bond acceptors (Lipinski definition) is 12. The molecule has 0 radical (unpaired) electrons. The van der Waals surface area contributed by atoms with Gasteiger partial charge in [-0.25, -0.2) is 37.1 Å². The highest BCUT2D eigenvalue weighted by molar-refractivity contribution is 7.49. The van der Waals surface area contributed by atoms with Gasteiger partial charge in [0.25, 0.3) is 6.43 Å². The minimum absolute atomic E-state index is 0.0129. The molecule has 0 spiro atoms. The number of aromatic nitrogens is 5. The summed E-state index contributed by atoms with van der Waals surface area (Å²) in [4.78, 5) is 18.6. The van der Waals surface area contributed by atoms with E-state index >= 15 is 8.78 Å². The van der Waals surface area contributed by atoms with Crippen LogP contribution in [0.5, 0.6) is 5.75 Å². The molecule has 2 atom stereocenters. The predicted octanol–water partition coefficient (Wildman–Crippen LogP) is 5.06. The summed E-state index contributed by atoms with van der Waals surface area (Å²) in [5.74, 6) is -2.55. The maximum Gasteiger partial charge on any atom is 0.530 e. The average molecular weight is 697 g/mol. The van der Waals surface area contributed by atoms with Gasteiger partial charge in [-0.2, -0.15) is 0 Å². The second kappa shape index (κ2) is 13.9. The summed E-state index contributed by atoms with van der Waals surface area (Å²) in [6.07, 6.45) is -1.64. The van der Waals surface area contributed by atoms with Crippen LogP contribution in [-0.2, 0) is 20.2 Å². The number of pyridine rings is 1. The van der Waals surface area contributed by atoms with Crippen molar-refractivity contribution >= 4 is 30.5 Å². The van der Waals surface area contributed by atoms with Gasteiger partial charge in [-0.15, -0.1) is 0 Å². The highest BCUT2D eigenvalue weighted by Crippen LogP contribution is 2.52. The number of halogens is 4. The lowest BCUT2D eigenvalue weighted by molar-refractivity contribution is -0.0529. The van der Waals surface area contributed by atoms with Crippen molar-refractivity contribution in [2.75, 3.05) is 23.7 Å². The van der Waals surface area contributed by atoms with Gasteiger partial charge >= 0.3 is 7.82 Å². The molecule has 5 rings (SSSR count). The Kier molecular flexibility index (Phi) is 10.3. The van der Waals surface area contributed by atoms with E-state index in [9.17, 15) is 18.5 Å². The largest absolute Gasteiger partial charge is 0.530 e. The molecule has 0 amide bonds. The number of nitrogen functional groups attached to an aromatic ring is 1. The molecule has 4 heterocycles. The molecule has 1 aromatic carbocycles. The molecular formula is C30H37F4N8O5P. The van der Waals surface area contributed by atoms with E-state index < -0.39 is 55.5 Å². The molecule has 3 aromatic heterocycles. The lowest BCUT2D eigenvalue weighted by Gasteiger charge is -2.44. The van der Waals surface area contributed by atoms with E-state index in [2.05, 4.69) is 19.9 Å². The molecule has 5 N–H and O–H groups in total. The fourth-order valence-electron chi connectivity index (χ4n) is 5.56. The summed E-state index contributed by atoms with van der Waals surface area (Å²) in [5.41, 5.74) is 12.1. The molecule has 0 bridgehead atoms. The molecule has 18 heteroatoms. The number of fused-ring (bicyclic) bond motifs is 1. The molecule has 260 valence electrons. The van der Waals surface area contributed by atoms with E-state index in [0.717, 1.165) is 12.1 Å². The van der Waals surface area contributed by atoms with Gasteiger partial charge in [0.1, 0.15) is 23.8 Å². The first-order valence-electron chi connectivity index (χ1n) is 15.1. The second-order valence-corrected chi connectivity index (χ2v) is 13.6. The Hall–Kier alpha value is -3.89. The summed E-state index contributed by atoms with van der Waals surface area (Å²) in [6, 6.07) is 3.08. The third-order valence-electron chi connectivity index (χ3n) is 7.65. The summed E-state index contributed by atoms with van der Waals surface area (Å²) in [7, 11) is -4.33. The van der Waals surface area contributed by atoms with Crippen molar-refractivity contribution in [2.45, 2.75) is 77.4 Å². The molecular weight excluding hydrogens is 659 g/mol. The third-order valence-corrected chi connectivity index (χ3v) is 9.43. The van der Waals surface area contributed by atoms with Gasteiger partial charge in [0.05, 0.1) is 48.2 Å². The van der Waals surface area contributed by atoms with Gasteiger partial charge in [-0.05, 0) is 58.2 Å². The first-order chi connectivity index (χ1) is 22.6. The molecule has 1 aliphatic rings. The number of piperidine rings is 1. The minimum Gasteiger partial charge on any atom is -0.401 e. The van der Waals surface area contributed by atoms with Gasteiger partial charge in [-0.3, -0.25) is 14.0 Å². The number of phosphoric acid groups is 1. The Balaban J connectivity index is 1.55. The van der Waals surface area contributed by atoms with Gasteiger partial charge in [0.15, 0.2) is 23.0 Å². The molecule has 48 heavy (non-hydrogen) atoms. The Labute approximate surface area is 273 Å². The number of hydrogen-bond donors (Lipinski definition) is 3. The Morgan fingerprint density at radius 3 is 2.42 bits per heavy atom. The van der Waals surface area contributed by atoms with E-state index in [-0.39, 0.29) is 36.6 Å². The molecule has 4 aromatic rings. The number of benzene rings is 1. The van der Waals surface area contributed by atoms with E-state index in [1.54, 1.807) is 37.2 Å². The first kappa shape index (κ1) is 35.4. The van der Waals surface area contributed by atoms with Crippen LogP contribution in [0, 0.1) is 11.6 Å². The number of rotatable bonds is 12. The average Bonchev–Trinajstić information content (AvgIpc) is 3.41. The number of imidazole rings is 1. The van der Waals surface area contributed by atoms with Gasteiger partial charge < -0.3 is 30.6 Å². The summed E-state index contributed by atoms with van der Waals surface area (Å²) >= 11 is 0. The van der Waals surface area contributed by atoms with Crippen LogP contribution in [0.2, 0.25) is 0 Å². The van der Waals surface area contributed by atoms with Crippen molar-refractivity contribution < 1.29 is 40.8 Å². The summed E-state index contributed by atoms with van der Waals surface area (Å²) in [6.45, 7) is 6.67. The van der Waals surface area contributed by atoms with Crippen LogP contribution >= 0.6 is 7.82 Å². The van der Waals surface area contributed by atoms with Crippen LogP contribution in [-0.4, -0.2) is 73.0 Å². The van der Waals surface area contributed by atoms with Crippen LogP contribution in [0.4, 0.5) is 29.1 Å². The monoisotopic (exact) mass is 696 g/mol. The van der Waals surface area contributed by atoms with Crippen LogP contribution < -0.4 is 20.9 Å². The zero-order valence-corrected chi connectivity index (χ0v) is 27.6. The lowest BCUT2D eigenvalue weighted by Crippen LogP contribution is -2.63. The fourth-order valence-corrected chi connectivity index (χ4v) is 7.11. The van der Waals surface area contributed by atoms with E-state index in [1.807, 2.05) is 0 Å². The summed E-state index contributed by atoms with van der Waals surface area (Å²) < 4.78 is 88.9. The Morgan fingerprint density at radius 1 is 1.04 bits per heavy atom. The minimum atomic E-state index is -4.33. The van der Waals surface area contributed by atoms with Crippen molar-refractivity contribution in [2.24, 2.45) is 5.73 Å². The Bertz CT molecular complexity index is 1820. The highest BCUT2D eigenvalue weighted by atomic mass is 31.2. The third kappa shape index (κ3) is 7.55. The first-order valence-corrected chi connectivity index (χ1v) is 16.6. The fraction of sp³-hybridized carbons (Fsp3) is 0.467. The molecule has 0 unspecified atom stereocenters. The molecule has 0 aliphatic carbocycles. The standard InChI is InChI=1S/C30H37F4N8O5P/c1-16(2)45-48(44,46-17(3)4)47-24-10-20(31)19(9-21(24)32)22-8-18(12-42-15-40-25-28(35)38-14-39-29(25)42)23(11-37-22)41-7-5-6-30(36,13-41)26(43)27(33)34/h8-11,14-17,26-27,43H,5-7,12-13,36H2,1-4H3,(H2,35,38,39)/t26-,30-/m1/s1. The predicted molar refractivity (Wildman–Crippen MR) is 169 cm³/mol. The SMILES string of the molecule is CC(C)OP(=O)(Oc1cc(F)c(-c2cc(Cn3cnc4c(N)ncnc43)c(N3CCC[C@](N)([C@H](O)C(F)F)C3)cn2)cc1F)OC(C)C. The lowest BCUT2D eigenvalue weighted by atomic mass is 9.84. The van der Waals surface area contributed by atoms with E-state index in [0.29, 0.717) is 35.4 Å². The molecule has 1 fully saturated rings. The van der Waals surface area contributed by atoms with Crippen LogP contribution in [0.25, 0.3) is 22.4 Å². The number of aliphatic hydroxyl groups is 1. The molecule has 1 saturated heterocycles. The van der Waals surface area contributed by atoms with Crippen LogP contribution in [0.1, 0.15) is 46.1 Å². The van der Waals surface area contributed by atoms with Crippen molar-refractivity contribution in [3.63, 3.8) is 0 Å². The Morgan fingerprint density at radius 2 is 1.75 bits per heavy atom. The molecule has 0 saturated carbocycles. The normalized spacial score (nSPS) is 18.0. The zero-order valence-electron chi connectivity index (χ0n) is 26.7. The van der Waals surface area contributed by atoms with E-state index in [1.165, 1.54) is 24.9 Å². The summed E-state index contributed by atoms with van der Waals surface area (Å²) in [5, 5.41) is 10.2. The number of nitrogens with zero attached hydrogens (tertiary/aromatic N) is 6. The molecule has 1 aliphatic heterocycles. The number of anilines is 2. The second-order valence-electron chi connectivity index (χ2n) is 12.1. The highest BCUT2D eigenvalue weighted by Gasteiger charge is 2.43. The van der Waals surface area contributed by atoms with Crippen molar-refractivity contribution in [1.82, 2.24) is 24.5 Å². The van der Waals surface area contributed by atoms with Gasteiger partial charge in [0, 0.05) is 24.7 Å². The van der Waals surface area contributed by atoms with Crippen molar-refractivity contribution in [1.29, 1.82) is 0 Å². The number of nitrogens with two attached hydrogens (primary N) is 2. The number of aliphatic hydroxyl groups excluding tert-OH is 1. The van der Waals surface area contributed by atoms with E-state index in [4.69, 9.17) is 25.0 Å². The number of alkyl halides is 2. The molecule has 13 nitrogen and oxygen atoms in total. The van der Waals surface area contributed by atoms with Crippen LogP contribution in [0.15, 0.2) is 37.1 Å². The number of phosphoric ester groups is 1. The van der Waals surface area contributed by atoms with Crippen molar-refractivity contribution in [3.05, 3.63) is 54.2 Å².